The van der Waals surface area contributed by atoms with Gasteiger partial charge in [-0.25, -0.2) is 4.79 Å². The Labute approximate surface area is 117 Å². The molecule has 0 bridgehead atoms. The molecule has 0 fully saturated rings. The van der Waals surface area contributed by atoms with Crippen molar-refractivity contribution in [1.82, 2.24) is 5.32 Å². The van der Waals surface area contributed by atoms with Gasteiger partial charge in [-0.3, -0.25) is 4.79 Å². The standard InChI is InChI=1S/C15H15NO4/c1-3-5-13(15(18)19)16-14(17)11-6-8-12(9-7-11)20-10-4-2/h1,4,6-9,13H,2,5,10H2,(H,16,17)(H,18,19). The molecule has 0 radical (unpaired) electrons. The zero-order chi connectivity index (χ0) is 15.0. The second-order valence-corrected chi connectivity index (χ2v) is 3.90. The van der Waals surface area contributed by atoms with Crippen molar-refractivity contribution in [1.29, 1.82) is 0 Å². The van der Waals surface area contributed by atoms with Gasteiger partial charge in [0.2, 0.25) is 0 Å². The molecule has 0 aliphatic heterocycles. The van der Waals surface area contributed by atoms with Crippen LogP contribution in [0.25, 0.3) is 0 Å². The average molecular weight is 273 g/mol. The molecule has 0 aliphatic carbocycles. The van der Waals surface area contributed by atoms with Crippen LogP contribution in [0.4, 0.5) is 0 Å². The van der Waals surface area contributed by atoms with E-state index in [9.17, 15) is 9.59 Å². The topological polar surface area (TPSA) is 75.6 Å². The number of aliphatic carboxylic acids is 1. The number of rotatable bonds is 7. The molecule has 1 aromatic rings. The van der Waals surface area contributed by atoms with Gasteiger partial charge >= 0.3 is 5.97 Å². The minimum Gasteiger partial charge on any atom is -0.490 e. The summed E-state index contributed by atoms with van der Waals surface area (Å²) in [6.07, 6.45) is 6.60. The molecule has 1 unspecified atom stereocenters. The third-order valence-corrected chi connectivity index (χ3v) is 2.41. The SMILES string of the molecule is C#CCC(NC(=O)c1ccc(OCC=C)cc1)C(=O)O. The number of carboxylic acid groups (broad SMARTS) is 1. The van der Waals surface area contributed by atoms with Crippen molar-refractivity contribution in [3.8, 4) is 18.1 Å². The molecule has 2 N–H and O–H groups in total. The number of carbonyl (C=O) groups excluding carboxylic acids is 1. The minimum absolute atomic E-state index is 0.0679. The van der Waals surface area contributed by atoms with Gasteiger partial charge in [-0.15, -0.1) is 12.3 Å². The Morgan fingerprint density at radius 3 is 2.60 bits per heavy atom. The van der Waals surface area contributed by atoms with Gasteiger partial charge in [0.25, 0.3) is 5.91 Å². The van der Waals surface area contributed by atoms with Crippen LogP contribution < -0.4 is 10.1 Å². The number of ether oxygens (including phenoxy) is 1. The van der Waals surface area contributed by atoms with Crippen LogP contribution in [-0.4, -0.2) is 29.6 Å². The van der Waals surface area contributed by atoms with Crippen LogP contribution in [0.2, 0.25) is 0 Å². The van der Waals surface area contributed by atoms with E-state index in [1.807, 2.05) is 0 Å². The first-order valence-corrected chi connectivity index (χ1v) is 5.89. The molecule has 0 saturated heterocycles. The number of terminal acetylenes is 1. The Morgan fingerprint density at radius 1 is 1.45 bits per heavy atom. The summed E-state index contributed by atoms with van der Waals surface area (Å²) in [5, 5.41) is 11.3. The zero-order valence-electron chi connectivity index (χ0n) is 10.8. The van der Waals surface area contributed by atoms with E-state index in [0.29, 0.717) is 17.9 Å². The molecule has 20 heavy (non-hydrogen) atoms. The summed E-state index contributed by atoms with van der Waals surface area (Å²) in [4.78, 5) is 22.7. The molecule has 0 heterocycles. The maximum atomic E-state index is 11.9. The van der Waals surface area contributed by atoms with E-state index in [0.717, 1.165) is 0 Å². The van der Waals surface area contributed by atoms with E-state index in [1.165, 1.54) is 0 Å². The summed E-state index contributed by atoms with van der Waals surface area (Å²) < 4.78 is 5.28. The predicted octanol–water partition coefficient (Wildman–Crippen LogP) is 1.46. The highest BCUT2D eigenvalue weighted by Crippen LogP contribution is 2.12. The van der Waals surface area contributed by atoms with Gasteiger partial charge in [-0.05, 0) is 24.3 Å². The lowest BCUT2D eigenvalue weighted by atomic mass is 10.1. The van der Waals surface area contributed by atoms with Crippen LogP contribution in [0.5, 0.6) is 5.75 Å². The summed E-state index contributed by atoms with van der Waals surface area (Å²) in [5.74, 6) is 1.15. The Bertz CT molecular complexity index is 528. The number of hydrogen-bond acceptors (Lipinski definition) is 3. The quantitative estimate of drug-likeness (QED) is 0.582. The van der Waals surface area contributed by atoms with Gasteiger partial charge in [0.1, 0.15) is 18.4 Å². The highest BCUT2D eigenvalue weighted by molar-refractivity contribution is 5.96. The maximum Gasteiger partial charge on any atom is 0.327 e. The van der Waals surface area contributed by atoms with E-state index in [-0.39, 0.29) is 6.42 Å². The van der Waals surface area contributed by atoms with Crippen LogP contribution in [0.3, 0.4) is 0 Å². The van der Waals surface area contributed by atoms with Gasteiger partial charge in [0.15, 0.2) is 0 Å². The molecule has 1 aromatic carbocycles. The molecule has 1 rings (SSSR count). The monoisotopic (exact) mass is 273 g/mol. The molecule has 0 aliphatic rings. The Morgan fingerprint density at radius 2 is 2.10 bits per heavy atom. The van der Waals surface area contributed by atoms with Crippen molar-refractivity contribution in [2.24, 2.45) is 0 Å². The second-order valence-electron chi connectivity index (χ2n) is 3.90. The van der Waals surface area contributed by atoms with Crippen molar-refractivity contribution in [2.45, 2.75) is 12.5 Å². The normalized spacial score (nSPS) is 10.9. The molecular weight excluding hydrogens is 258 g/mol. The number of benzene rings is 1. The number of carboxylic acids is 1. The summed E-state index contributed by atoms with van der Waals surface area (Å²) in [6.45, 7) is 3.90. The molecule has 1 amide bonds. The predicted molar refractivity (Wildman–Crippen MR) is 74.5 cm³/mol. The van der Waals surface area contributed by atoms with Crippen LogP contribution in [0.15, 0.2) is 36.9 Å². The fraction of sp³-hybridized carbons (Fsp3) is 0.200. The van der Waals surface area contributed by atoms with Crippen molar-refractivity contribution < 1.29 is 19.4 Å². The molecule has 0 aromatic heterocycles. The summed E-state index contributed by atoms with van der Waals surface area (Å²) in [7, 11) is 0. The number of nitrogens with one attached hydrogen (secondary N) is 1. The van der Waals surface area contributed by atoms with Crippen molar-refractivity contribution in [3.63, 3.8) is 0 Å². The lowest BCUT2D eigenvalue weighted by Gasteiger charge is -2.12. The lowest BCUT2D eigenvalue weighted by Crippen LogP contribution is -2.40. The summed E-state index contributed by atoms with van der Waals surface area (Å²) >= 11 is 0. The highest BCUT2D eigenvalue weighted by atomic mass is 16.5. The molecule has 104 valence electrons. The van der Waals surface area contributed by atoms with Crippen molar-refractivity contribution in [2.75, 3.05) is 6.61 Å². The van der Waals surface area contributed by atoms with Crippen LogP contribution >= 0.6 is 0 Å². The van der Waals surface area contributed by atoms with Gasteiger partial charge in [0.05, 0.1) is 0 Å². The van der Waals surface area contributed by atoms with Gasteiger partial charge in [-0.2, -0.15) is 0 Å². The highest BCUT2D eigenvalue weighted by Gasteiger charge is 2.19. The number of carbonyl (C=O) groups is 2. The molecule has 5 nitrogen and oxygen atoms in total. The number of hydrogen-bond donors (Lipinski definition) is 2. The van der Waals surface area contributed by atoms with E-state index in [1.54, 1.807) is 30.3 Å². The van der Waals surface area contributed by atoms with Crippen molar-refractivity contribution >= 4 is 11.9 Å². The first-order valence-electron chi connectivity index (χ1n) is 5.89. The van der Waals surface area contributed by atoms with E-state index in [2.05, 4.69) is 17.8 Å². The smallest absolute Gasteiger partial charge is 0.327 e. The summed E-state index contributed by atoms with van der Waals surface area (Å²) in [5.41, 5.74) is 0.333. The fourth-order valence-electron chi connectivity index (χ4n) is 1.42. The second kappa shape index (κ2) is 7.64. The lowest BCUT2D eigenvalue weighted by molar-refractivity contribution is -0.139. The zero-order valence-corrected chi connectivity index (χ0v) is 10.8. The minimum atomic E-state index is -1.16. The van der Waals surface area contributed by atoms with Crippen molar-refractivity contribution in [3.05, 3.63) is 42.5 Å². The van der Waals surface area contributed by atoms with Gasteiger partial charge in [-0.1, -0.05) is 12.7 Å². The van der Waals surface area contributed by atoms with Gasteiger partial charge in [0, 0.05) is 12.0 Å². The molecule has 1 atom stereocenters. The third kappa shape index (κ3) is 4.50. The Balaban J connectivity index is 2.69. The van der Waals surface area contributed by atoms with E-state index >= 15 is 0 Å². The van der Waals surface area contributed by atoms with Crippen LogP contribution in [-0.2, 0) is 4.79 Å². The van der Waals surface area contributed by atoms with Crippen LogP contribution in [0.1, 0.15) is 16.8 Å². The Kier molecular flexibility index (Phi) is 5.85. The maximum absolute atomic E-state index is 11.9. The molecule has 0 saturated carbocycles. The van der Waals surface area contributed by atoms with Crippen LogP contribution in [0, 0.1) is 12.3 Å². The largest absolute Gasteiger partial charge is 0.490 e. The Hall–Kier alpha value is -2.74. The molecule has 0 spiro atoms. The van der Waals surface area contributed by atoms with E-state index < -0.39 is 17.9 Å². The molecule has 5 heteroatoms. The molecular formula is C15H15NO4. The average Bonchev–Trinajstić information content (AvgIpc) is 2.45. The fourth-order valence-corrected chi connectivity index (χ4v) is 1.42. The third-order valence-electron chi connectivity index (χ3n) is 2.41. The number of amides is 1. The summed E-state index contributed by atoms with van der Waals surface area (Å²) in [6, 6.07) is 5.24. The van der Waals surface area contributed by atoms with Gasteiger partial charge < -0.3 is 15.2 Å². The first-order chi connectivity index (χ1) is 9.58. The van der Waals surface area contributed by atoms with E-state index in [4.69, 9.17) is 16.3 Å². The first kappa shape index (κ1) is 15.3.